The van der Waals surface area contributed by atoms with E-state index >= 15 is 0 Å². The number of carbonyl (C=O) groups is 5. The number of anilines is 5. The van der Waals surface area contributed by atoms with Crippen LogP contribution < -0.4 is 36.6 Å². The van der Waals surface area contributed by atoms with Gasteiger partial charge < -0.3 is 44.9 Å². The number of amides is 5. The van der Waals surface area contributed by atoms with Gasteiger partial charge >= 0.3 is 0 Å². The largest absolute Gasteiger partial charge is 0.495 e. The van der Waals surface area contributed by atoms with Gasteiger partial charge in [0.15, 0.2) is 5.82 Å². The second-order valence-corrected chi connectivity index (χ2v) is 20.2. The summed E-state index contributed by atoms with van der Waals surface area (Å²) in [5, 5.41) is 15.4. The van der Waals surface area contributed by atoms with Crippen LogP contribution in [0.15, 0.2) is 60.8 Å². The maximum absolute atomic E-state index is 13.3. The number of hydrogen-bond acceptors (Lipinski definition) is 15. The van der Waals surface area contributed by atoms with Gasteiger partial charge in [-0.25, -0.2) is 4.98 Å². The topological polar surface area (TPSA) is 223 Å². The number of aromatic nitrogens is 2. The fourth-order valence-electron chi connectivity index (χ4n) is 8.37. The number of methoxy groups -OCH3 is 1. The number of rotatable bonds is 20. The molecule has 3 aliphatic heterocycles. The van der Waals surface area contributed by atoms with E-state index in [1.54, 1.807) is 32.6 Å². The van der Waals surface area contributed by atoms with Gasteiger partial charge in [-0.3, -0.25) is 34.2 Å². The molecule has 4 aromatic rings. The van der Waals surface area contributed by atoms with E-state index in [-0.39, 0.29) is 49.6 Å². The van der Waals surface area contributed by atoms with Gasteiger partial charge in [0.1, 0.15) is 24.0 Å². The van der Waals surface area contributed by atoms with Gasteiger partial charge in [0.2, 0.25) is 23.7 Å². The number of halogens is 1. The molecule has 0 saturated carbocycles. The van der Waals surface area contributed by atoms with Crippen molar-refractivity contribution in [2.45, 2.75) is 44.6 Å². The summed E-state index contributed by atoms with van der Waals surface area (Å²) in [5.74, 6) is -0.975. The van der Waals surface area contributed by atoms with E-state index in [2.05, 4.69) is 60.5 Å². The number of nitrogens with one attached hydrogen (secondary N) is 5. The van der Waals surface area contributed by atoms with Gasteiger partial charge in [0.05, 0.1) is 68.8 Å². The number of aryl methyl sites for hydroxylation is 1. The molecule has 350 valence electrons. The lowest BCUT2D eigenvalue weighted by Crippen LogP contribution is -2.54. The SMILES string of the molecule is COc1cc(C2CCN(CCOCCOCCNC(=O)CNc3cccc4c3C(=O)N(C3CCC(=O)NC3=O)C4=O)CC2)c(C)cc1Nc1ncc(Cl)c(Nc2ccccc2P(C)(C)=O)n1. The molecule has 1 aromatic heterocycles. The lowest BCUT2D eigenvalue weighted by Gasteiger charge is -2.33. The maximum atomic E-state index is 13.3. The number of benzene rings is 3. The second-order valence-electron chi connectivity index (χ2n) is 16.6. The van der Waals surface area contributed by atoms with Crippen LogP contribution in [-0.4, -0.2) is 135 Å². The van der Waals surface area contributed by atoms with Gasteiger partial charge in [-0.05, 0) is 106 Å². The van der Waals surface area contributed by atoms with Crippen molar-refractivity contribution < 1.29 is 42.7 Å². The Morgan fingerprint density at radius 3 is 2.39 bits per heavy atom. The van der Waals surface area contributed by atoms with E-state index in [9.17, 15) is 28.5 Å². The molecular formula is C46H55ClN9O9P. The van der Waals surface area contributed by atoms with Crippen LogP contribution in [0.25, 0.3) is 0 Å². The predicted molar refractivity (Wildman–Crippen MR) is 252 cm³/mol. The van der Waals surface area contributed by atoms with Crippen molar-refractivity contribution in [3.63, 3.8) is 0 Å². The van der Waals surface area contributed by atoms with Crippen LogP contribution in [0.2, 0.25) is 5.02 Å². The lowest BCUT2D eigenvalue weighted by molar-refractivity contribution is -0.136. The Hall–Kier alpha value is -5.91. The van der Waals surface area contributed by atoms with Crippen LogP contribution in [0.1, 0.15) is 63.4 Å². The van der Waals surface area contributed by atoms with Gasteiger partial charge in [0.25, 0.3) is 11.8 Å². The Labute approximate surface area is 388 Å². The Balaban J connectivity index is 0.781. The molecule has 7 rings (SSSR count). The van der Waals surface area contributed by atoms with E-state index in [4.69, 9.17) is 25.8 Å². The van der Waals surface area contributed by atoms with Crippen molar-refractivity contribution in [3.8, 4) is 5.75 Å². The highest BCUT2D eigenvalue weighted by Crippen LogP contribution is 2.40. The van der Waals surface area contributed by atoms with Gasteiger partial charge in [-0.15, -0.1) is 0 Å². The third kappa shape index (κ3) is 11.5. The van der Waals surface area contributed by atoms with E-state index in [0.717, 1.165) is 48.6 Å². The van der Waals surface area contributed by atoms with Crippen LogP contribution >= 0.6 is 18.7 Å². The first kappa shape index (κ1) is 48.0. The molecule has 0 bridgehead atoms. The summed E-state index contributed by atoms with van der Waals surface area (Å²) in [7, 11) is -0.923. The molecule has 2 fully saturated rings. The number of fused-ring (bicyclic) bond motifs is 1. The predicted octanol–water partition coefficient (Wildman–Crippen LogP) is 5.02. The fraction of sp³-hybridized carbons (Fsp3) is 0.413. The maximum Gasteiger partial charge on any atom is 0.264 e. The van der Waals surface area contributed by atoms with Gasteiger partial charge in [-0.1, -0.05) is 29.8 Å². The Bertz CT molecular complexity index is 2530. The molecule has 3 aliphatic rings. The molecule has 4 heterocycles. The van der Waals surface area contributed by atoms with E-state index in [0.29, 0.717) is 65.0 Å². The lowest BCUT2D eigenvalue weighted by atomic mass is 9.86. The highest BCUT2D eigenvalue weighted by molar-refractivity contribution is 7.70. The summed E-state index contributed by atoms with van der Waals surface area (Å²) < 4.78 is 30.2. The summed E-state index contributed by atoms with van der Waals surface area (Å²) in [4.78, 5) is 75.2. The number of carbonyl (C=O) groups excluding carboxylic acids is 5. The number of piperidine rings is 2. The summed E-state index contributed by atoms with van der Waals surface area (Å²) in [6.45, 7) is 9.98. The van der Waals surface area contributed by atoms with Crippen molar-refractivity contribution in [1.82, 2.24) is 30.4 Å². The first-order chi connectivity index (χ1) is 31.7. The Morgan fingerprint density at radius 1 is 0.909 bits per heavy atom. The van der Waals surface area contributed by atoms with Crippen LogP contribution in [0.3, 0.4) is 0 Å². The second kappa shape index (κ2) is 21.6. The van der Waals surface area contributed by atoms with Crippen LogP contribution in [0.4, 0.5) is 28.8 Å². The summed E-state index contributed by atoms with van der Waals surface area (Å²) >= 11 is 6.48. The minimum atomic E-state index is -2.56. The van der Waals surface area contributed by atoms with Crippen LogP contribution in [0.5, 0.6) is 5.75 Å². The summed E-state index contributed by atoms with van der Waals surface area (Å²) in [5.41, 5.74) is 4.28. The molecule has 0 spiro atoms. The monoisotopic (exact) mass is 943 g/mol. The number of likely N-dealkylation sites (tertiary alicyclic amines) is 1. The molecule has 0 radical (unpaired) electrons. The molecular weight excluding hydrogens is 889 g/mol. The number of imide groups is 2. The molecule has 5 N–H and O–H groups in total. The average Bonchev–Trinajstić information content (AvgIpc) is 3.55. The number of hydrogen-bond donors (Lipinski definition) is 5. The summed E-state index contributed by atoms with van der Waals surface area (Å²) in [6.07, 6.45) is 3.59. The normalized spacial score (nSPS) is 16.8. The smallest absolute Gasteiger partial charge is 0.264 e. The molecule has 1 atom stereocenters. The minimum Gasteiger partial charge on any atom is -0.495 e. The first-order valence-corrected chi connectivity index (χ1v) is 24.8. The van der Waals surface area contributed by atoms with Gasteiger partial charge in [-0.2, -0.15) is 4.98 Å². The van der Waals surface area contributed by atoms with Crippen LogP contribution in [-0.2, 0) is 28.4 Å². The van der Waals surface area contributed by atoms with Crippen molar-refractivity contribution >= 4 is 82.4 Å². The Morgan fingerprint density at radius 2 is 1.65 bits per heavy atom. The molecule has 3 aromatic carbocycles. The number of para-hydroxylation sites is 1. The zero-order valence-electron chi connectivity index (χ0n) is 37.4. The quantitative estimate of drug-likeness (QED) is 0.0446. The van der Waals surface area contributed by atoms with E-state index in [1.807, 2.05) is 24.3 Å². The standard InChI is InChI=1S/C46H55ClN9O9P/c1-28-24-35(52-46-50-26-32(47)42(54-46)51-33-9-5-6-11-38(33)66(3,4)62)37(63-2)25-31(28)29-14-17-55(18-15-29)19-21-65-23-22-64-20-16-48-40(58)27-49-34-10-7-8-30-41(34)45(61)56(44(30)60)36-12-13-39(57)53-43(36)59/h5-11,24-26,29,36,49H,12-23,27H2,1-4H3,(H,48,58)(H,53,57,59)(H2,50,51,52,54). The molecule has 5 amide bonds. The number of ether oxygens (including phenoxy) is 3. The minimum absolute atomic E-state index is 0.0244. The van der Waals surface area contributed by atoms with Gasteiger partial charge in [0, 0.05) is 30.5 Å². The Kier molecular flexibility index (Phi) is 15.7. The van der Waals surface area contributed by atoms with E-state index < -0.39 is 36.8 Å². The number of nitrogens with zero attached hydrogens (tertiary/aromatic N) is 4. The fourth-order valence-corrected chi connectivity index (χ4v) is 9.66. The zero-order chi connectivity index (χ0) is 47.0. The summed E-state index contributed by atoms with van der Waals surface area (Å²) in [6, 6.07) is 15.2. The van der Waals surface area contributed by atoms with Crippen molar-refractivity contribution in [3.05, 3.63) is 88.1 Å². The third-order valence-corrected chi connectivity index (χ3v) is 13.6. The molecule has 0 aliphatic carbocycles. The average molecular weight is 944 g/mol. The highest BCUT2D eigenvalue weighted by atomic mass is 35.5. The van der Waals surface area contributed by atoms with Crippen molar-refractivity contribution in [2.24, 2.45) is 0 Å². The third-order valence-electron chi connectivity index (χ3n) is 11.7. The zero-order valence-corrected chi connectivity index (χ0v) is 39.1. The molecule has 20 heteroatoms. The highest BCUT2D eigenvalue weighted by Gasteiger charge is 2.45. The van der Waals surface area contributed by atoms with Crippen molar-refractivity contribution in [1.29, 1.82) is 0 Å². The molecule has 1 unspecified atom stereocenters. The van der Waals surface area contributed by atoms with Crippen molar-refractivity contribution in [2.75, 3.05) is 95.5 Å². The van der Waals surface area contributed by atoms with E-state index in [1.165, 1.54) is 17.8 Å². The molecule has 66 heavy (non-hydrogen) atoms. The molecule has 18 nitrogen and oxygen atoms in total. The molecule has 2 saturated heterocycles. The van der Waals surface area contributed by atoms with Crippen LogP contribution in [0, 0.1) is 6.92 Å². The first-order valence-electron chi connectivity index (χ1n) is 21.8.